The van der Waals surface area contributed by atoms with Gasteiger partial charge in [-0.05, 0) is 18.6 Å². The fraction of sp³-hybridized carbons (Fsp3) is 0.350. The Hall–Kier alpha value is -3.49. The first-order valence-corrected chi connectivity index (χ1v) is 9.61. The van der Waals surface area contributed by atoms with Crippen LogP contribution in [0.25, 0.3) is 0 Å². The molecule has 1 atom stereocenters. The summed E-state index contributed by atoms with van der Waals surface area (Å²) >= 11 is 0. The molecule has 2 aliphatic heterocycles. The Labute approximate surface area is 168 Å². The number of carbonyl (C=O) groups excluding carboxylic acids is 3. The lowest BCUT2D eigenvalue weighted by Crippen LogP contribution is -2.49. The minimum absolute atomic E-state index is 0.0207. The molecule has 1 saturated heterocycles. The number of benzene rings is 1. The molecule has 29 heavy (non-hydrogen) atoms. The van der Waals surface area contributed by atoms with Gasteiger partial charge >= 0.3 is 0 Å². The fourth-order valence-corrected chi connectivity index (χ4v) is 3.58. The molecule has 3 heterocycles. The van der Waals surface area contributed by atoms with Crippen LogP contribution < -0.4 is 15.5 Å². The van der Waals surface area contributed by atoms with Gasteiger partial charge in [-0.25, -0.2) is 4.98 Å². The largest absolute Gasteiger partial charge is 0.352 e. The Balaban J connectivity index is 1.30. The minimum Gasteiger partial charge on any atom is -0.352 e. The van der Waals surface area contributed by atoms with Gasteiger partial charge in [-0.1, -0.05) is 12.1 Å². The van der Waals surface area contributed by atoms with Crippen molar-refractivity contribution >= 4 is 29.2 Å². The van der Waals surface area contributed by atoms with E-state index in [2.05, 4.69) is 25.5 Å². The van der Waals surface area contributed by atoms with Crippen molar-refractivity contribution in [2.45, 2.75) is 18.9 Å². The first-order chi connectivity index (χ1) is 14.1. The van der Waals surface area contributed by atoms with Gasteiger partial charge in [0.05, 0.1) is 17.4 Å². The fourth-order valence-electron chi connectivity index (χ4n) is 3.58. The number of anilines is 2. The van der Waals surface area contributed by atoms with Crippen LogP contribution in [0.4, 0.5) is 11.5 Å². The summed E-state index contributed by atoms with van der Waals surface area (Å²) in [6.07, 6.45) is 5.44. The predicted octanol–water partition coefficient (Wildman–Crippen LogP) is 0.656. The number of hydrogen-bond donors (Lipinski definition) is 2. The lowest BCUT2D eigenvalue weighted by atomic mass is 10.1. The van der Waals surface area contributed by atoms with Crippen molar-refractivity contribution in [3.05, 3.63) is 48.4 Å². The molecule has 1 aromatic heterocycles. The maximum absolute atomic E-state index is 12.6. The van der Waals surface area contributed by atoms with Crippen LogP contribution >= 0.6 is 0 Å². The average molecular weight is 394 g/mol. The van der Waals surface area contributed by atoms with Crippen molar-refractivity contribution < 1.29 is 14.4 Å². The molecule has 0 saturated carbocycles. The number of piperazine rings is 1. The van der Waals surface area contributed by atoms with Crippen LogP contribution in [0.2, 0.25) is 0 Å². The summed E-state index contributed by atoms with van der Waals surface area (Å²) < 4.78 is 0. The van der Waals surface area contributed by atoms with Gasteiger partial charge < -0.3 is 20.4 Å². The summed E-state index contributed by atoms with van der Waals surface area (Å²) in [6.45, 7) is 2.54. The van der Waals surface area contributed by atoms with E-state index in [0.717, 1.165) is 5.82 Å². The molecule has 1 aromatic carbocycles. The number of nitrogens with zero attached hydrogens (tertiary/aromatic N) is 4. The normalized spacial score (nSPS) is 19.1. The predicted molar refractivity (Wildman–Crippen MR) is 106 cm³/mol. The molecule has 0 spiro atoms. The number of aromatic nitrogens is 2. The van der Waals surface area contributed by atoms with Crippen molar-refractivity contribution in [2.24, 2.45) is 0 Å². The number of para-hydroxylation sites is 1. The smallest absolute Gasteiger partial charge is 0.254 e. The molecule has 2 aromatic rings. The highest BCUT2D eigenvalue weighted by molar-refractivity contribution is 6.09. The van der Waals surface area contributed by atoms with Crippen LogP contribution in [-0.4, -0.2) is 64.8 Å². The zero-order valence-electron chi connectivity index (χ0n) is 15.9. The van der Waals surface area contributed by atoms with Crippen LogP contribution in [0.15, 0.2) is 42.9 Å². The van der Waals surface area contributed by atoms with Gasteiger partial charge in [0.25, 0.3) is 5.91 Å². The minimum atomic E-state index is -0.736. The van der Waals surface area contributed by atoms with Crippen LogP contribution in [0.1, 0.15) is 23.2 Å². The third-order valence-corrected chi connectivity index (χ3v) is 5.20. The number of rotatable bonds is 4. The van der Waals surface area contributed by atoms with E-state index in [1.54, 1.807) is 47.8 Å². The Morgan fingerprint density at radius 1 is 1.10 bits per heavy atom. The van der Waals surface area contributed by atoms with E-state index >= 15 is 0 Å². The quantitative estimate of drug-likeness (QED) is 0.789. The maximum atomic E-state index is 12.6. The topological polar surface area (TPSA) is 108 Å². The third kappa shape index (κ3) is 4.18. The van der Waals surface area contributed by atoms with Crippen molar-refractivity contribution in [1.29, 1.82) is 0 Å². The molecule has 3 amide bonds. The van der Waals surface area contributed by atoms with Gasteiger partial charge in [0, 0.05) is 45.0 Å². The lowest BCUT2D eigenvalue weighted by Gasteiger charge is -2.35. The van der Waals surface area contributed by atoms with E-state index in [0.29, 0.717) is 37.4 Å². The molecule has 4 rings (SSSR count). The van der Waals surface area contributed by atoms with E-state index in [1.165, 1.54) is 0 Å². The highest BCUT2D eigenvalue weighted by atomic mass is 16.2. The SMILES string of the molecule is O=C1N[C@@H](CCC(=O)N2CCN(c3cnccn3)CC2)C(=O)Nc2ccccc21. The number of carbonyl (C=O) groups is 3. The second-order valence-electron chi connectivity index (χ2n) is 7.03. The summed E-state index contributed by atoms with van der Waals surface area (Å²) in [7, 11) is 0. The second-order valence-corrected chi connectivity index (χ2v) is 7.03. The molecule has 2 aliphatic rings. The van der Waals surface area contributed by atoms with Gasteiger partial charge in [-0.3, -0.25) is 19.4 Å². The lowest BCUT2D eigenvalue weighted by molar-refractivity contribution is -0.131. The second kappa shape index (κ2) is 8.26. The average Bonchev–Trinajstić information content (AvgIpc) is 2.88. The molecular weight excluding hydrogens is 372 g/mol. The molecule has 0 aliphatic carbocycles. The van der Waals surface area contributed by atoms with E-state index < -0.39 is 6.04 Å². The van der Waals surface area contributed by atoms with Crippen molar-refractivity contribution in [1.82, 2.24) is 20.2 Å². The van der Waals surface area contributed by atoms with Crippen molar-refractivity contribution in [3.63, 3.8) is 0 Å². The molecule has 9 nitrogen and oxygen atoms in total. The van der Waals surface area contributed by atoms with E-state index in [4.69, 9.17) is 0 Å². The number of nitrogens with one attached hydrogen (secondary N) is 2. The third-order valence-electron chi connectivity index (χ3n) is 5.20. The summed E-state index contributed by atoms with van der Waals surface area (Å²) in [5.41, 5.74) is 0.916. The van der Waals surface area contributed by atoms with Crippen LogP contribution in [0.3, 0.4) is 0 Å². The standard InChI is InChI=1S/C20H22N6O3/c27-18(26-11-9-25(10-12-26)17-13-21-7-8-22-17)6-5-16-20(29)23-15-4-2-1-3-14(15)19(28)24-16/h1-4,7-8,13,16H,5-6,9-12H2,(H,23,29)(H,24,28)/t16-/m0/s1. The molecule has 0 radical (unpaired) electrons. The summed E-state index contributed by atoms with van der Waals surface area (Å²) in [5.74, 6) is 0.169. The van der Waals surface area contributed by atoms with Crippen molar-refractivity contribution in [3.8, 4) is 0 Å². The first-order valence-electron chi connectivity index (χ1n) is 9.61. The number of amides is 3. The Bertz CT molecular complexity index is 911. The van der Waals surface area contributed by atoms with Gasteiger partial charge in [-0.2, -0.15) is 0 Å². The molecule has 0 bridgehead atoms. The summed E-state index contributed by atoms with van der Waals surface area (Å²) in [4.78, 5) is 49.7. The first kappa shape index (κ1) is 18.9. The zero-order valence-corrected chi connectivity index (χ0v) is 15.9. The van der Waals surface area contributed by atoms with Crippen LogP contribution in [0, 0.1) is 0 Å². The zero-order chi connectivity index (χ0) is 20.2. The molecule has 150 valence electrons. The molecule has 2 N–H and O–H groups in total. The van der Waals surface area contributed by atoms with Gasteiger partial charge in [0.15, 0.2) is 0 Å². The molecule has 9 heteroatoms. The number of fused-ring (bicyclic) bond motifs is 1. The molecule has 0 unspecified atom stereocenters. The van der Waals surface area contributed by atoms with E-state index in [1.807, 2.05) is 0 Å². The van der Waals surface area contributed by atoms with Gasteiger partial charge in [-0.15, -0.1) is 0 Å². The van der Waals surface area contributed by atoms with E-state index in [9.17, 15) is 14.4 Å². The maximum Gasteiger partial charge on any atom is 0.254 e. The Morgan fingerprint density at radius 2 is 1.90 bits per heavy atom. The highest BCUT2D eigenvalue weighted by Crippen LogP contribution is 2.19. The van der Waals surface area contributed by atoms with E-state index in [-0.39, 0.29) is 30.6 Å². The van der Waals surface area contributed by atoms with Gasteiger partial charge in [0.1, 0.15) is 11.9 Å². The summed E-state index contributed by atoms with van der Waals surface area (Å²) in [5, 5.41) is 5.49. The summed E-state index contributed by atoms with van der Waals surface area (Å²) in [6, 6.07) is 6.12. The monoisotopic (exact) mass is 394 g/mol. The Morgan fingerprint density at radius 3 is 2.66 bits per heavy atom. The number of hydrogen-bond acceptors (Lipinski definition) is 6. The molecular formula is C20H22N6O3. The van der Waals surface area contributed by atoms with Gasteiger partial charge in [0.2, 0.25) is 11.8 Å². The van der Waals surface area contributed by atoms with Crippen LogP contribution in [-0.2, 0) is 9.59 Å². The van der Waals surface area contributed by atoms with Crippen molar-refractivity contribution in [2.75, 3.05) is 36.4 Å². The Kier molecular flexibility index (Phi) is 5.37. The molecule has 1 fully saturated rings. The highest BCUT2D eigenvalue weighted by Gasteiger charge is 2.29. The van der Waals surface area contributed by atoms with Crippen LogP contribution in [0.5, 0.6) is 0 Å².